The van der Waals surface area contributed by atoms with Gasteiger partial charge in [0, 0.05) is 0 Å². The molecule has 1 rings (SSSR count). The molecule has 0 heterocycles. The Bertz CT molecular complexity index is 272. The quantitative estimate of drug-likeness (QED) is 0.667. The smallest absolute Gasteiger partial charge is 0.310 e. The Balaban J connectivity index is 2.95. The molecule has 1 fully saturated rings. The monoisotopic (exact) mass is 182 g/mol. The summed E-state index contributed by atoms with van der Waals surface area (Å²) in [6.45, 7) is 9.89. The Morgan fingerprint density at radius 2 is 1.77 bits per heavy atom. The summed E-state index contributed by atoms with van der Waals surface area (Å²) >= 11 is 0. The predicted octanol–water partition coefficient (Wildman–Crippen LogP) is 2.70. The molecule has 0 spiro atoms. The summed E-state index contributed by atoms with van der Waals surface area (Å²) < 4.78 is 0. The van der Waals surface area contributed by atoms with Crippen LogP contribution in [0.5, 0.6) is 0 Å². The van der Waals surface area contributed by atoms with Crippen LogP contribution >= 0.6 is 0 Å². The molecule has 2 nitrogen and oxygen atoms in total. The molecule has 0 aromatic carbocycles. The highest BCUT2D eigenvalue weighted by molar-refractivity contribution is 5.81. The van der Waals surface area contributed by atoms with Crippen LogP contribution < -0.4 is 0 Å². The number of carboxylic acids is 1. The van der Waals surface area contributed by atoms with Crippen LogP contribution in [0.4, 0.5) is 0 Å². The zero-order chi connectivity index (χ0) is 10.4. The molecule has 74 valence electrons. The molecule has 1 N–H and O–H groups in total. The van der Waals surface area contributed by atoms with Gasteiger partial charge in [0.15, 0.2) is 0 Å². The van der Waals surface area contributed by atoms with Gasteiger partial charge in [0.2, 0.25) is 0 Å². The van der Waals surface area contributed by atoms with Gasteiger partial charge in [-0.3, -0.25) is 4.79 Å². The Hall–Kier alpha value is -0.790. The molecule has 0 aromatic rings. The molecule has 0 aromatic heterocycles. The third-order valence-electron chi connectivity index (χ3n) is 3.60. The molecule has 1 aliphatic rings. The van der Waals surface area contributed by atoms with E-state index in [9.17, 15) is 4.79 Å². The predicted molar refractivity (Wildman–Crippen MR) is 52.4 cm³/mol. The molecule has 1 saturated carbocycles. The van der Waals surface area contributed by atoms with Crippen molar-refractivity contribution in [3.63, 3.8) is 0 Å². The van der Waals surface area contributed by atoms with E-state index < -0.39 is 11.4 Å². The highest BCUT2D eigenvalue weighted by Crippen LogP contribution is 2.69. The van der Waals surface area contributed by atoms with Crippen LogP contribution in [-0.4, -0.2) is 11.1 Å². The second-order valence-corrected chi connectivity index (χ2v) is 4.95. The average molecular weight is 182 g/mol. The maximum atomic E-state index is 11.1. The zero-order valence-electron chi connectivity index (χ0n) is 9.01. The summed E-state index contributed by atoms with van der Waals surface area (Å²) in [6, 6.07) is 0. The van der Waals surface area contributed by atoms with E-state index in [0.717, 1.165) is 0 Å². The van der Waals surface area contributed by atoms with Crippen molar-refractivity contribution >= 4 is 5.97 Å². The first-order valence-electron chi connectivity index (χ1n) is 4.63. The van der Waals surface area contributed by atoms with Crippen molar-refractivity contribution < 1.29 is 9.90 Å². The number of hydrogen-bond acceptors (Lipinski definition) is 1. The standard InChI is InChI=1S/C11H18O2/c1-7(2)6-8-10(3,4)11(8,5)9(12)13/h6,8H,1-5H3,(H,12,13)/t8-,11+/m0/s1. The number of carboxylic acid groups (broad SMARTS) is 1. The topological polar surface area (TPSA) is 37.3 Å². The minimum Gasteiger partial charge on any atom is -0.481 e. The molecule has 0 unspecified atom stereocenters. The van der Waals surface area contributed by atoms with Crippen LogP contribution in [0.15, 0.2) is 11.6 Å². The highest BCUT2D eigenvalue weighted by atomic mass is 16.4. The van der Waals surface area contributed by atoms with Crippen molar-refractivity contribution in [1.82, 2.24) is 0 Å². The lowest BCUT2D eigenvalue weighted by Gasteiger charge is -2.06. The van der Waals surface area contributed by atoms with Crippen molar-refractivity contribution in [3.8, 4) is 0 Å². The normalized spacial score (nSPS) is 35.3. The van der Waals surface area contributed by atoms with Crippen molar-refractivity contribution in [3.05, 3.63) is 11.6 Å². The van der Waals surface area contributed by atoms with Gasteiger partial charge in [-0.2, -0.15) is 0 Å². The van der Waals surface area contributed by atoms with Crippen molar-refractivity contribution in [2.75, 3.05) is 0 Å². The molecule has 0 radical (unpaired) electrons. The second-order valence-electron chi connectivity index (χ2n) is 4.95. The molecule has 13 heavy (non-hydrogen) atoms. The highest BCUT2D eigenvalue weighted by Gasteiger charge is 2.71. The Labute approximate surface area is 79.6 Å². The minimum atomic E-state index is -0.681. The van der Waals surface area contributed by atoms with Crippen LogP contribution in [-0.2, 0) is 4.79 Å². The number of aliphatic carboxylic acids is 1. The Morgan fingerprint density at radius 1 is 1.31 bits per heavy atom. The summed E-state index contributed by atoms with van der Waals surface area (Å²) in [5.41, 5.74) is 0.531. The van der Waals surface area contributed by atoms with Crippen LogP contribution in [0.3, 0.4) is 0 Å². The van der Waals surface area contributed by atoms with Gasteiger partial charge in [0.25, 0.3) is 0 Å². The lowest BCUT2D eigenvalue weighted by molar-refractivity contribution is -0.144. The SMILES string of the molecule is CC(C)=C[C@H]1C(C)(C)[C@@]1(C)C(=O)O. The summed E-state index contributed by atoms with van der Waals surface area (Å²) in [7, 11) is 0. The fourth-order valence-electron chi connectivity index (χ4n) is 2.14. The Kier molecular flexibility index (Phi) is 2.06. The molecule has 2 heteroatoms. The fourth-order valence-corrected chi connectivity index (χ4v) is 2.14. The second kappa shape index (κ2) is 2.60. The molecule has 0 bridgehead atoms. The lowest BCUT2D eigenvalue weighted by atomic mass is 9.99. The van der Waals surface area contributed by atoms with E-state index in [1.165, 1.54) is 5.57 Å². The van der Waals surface area contributed by atoms with E-state index in [-0.39, 0.29) is 11.3 Å². The van der Waals surface area contributed by atoms with Gasteiger partial charge >= 0.3 is 5.97 Å². The van der Waals surface area contributed by atoms with Gasteiger partial charge in [-0.05, 0) is 32.1 Å². The van der Waals surface area contributed by atoms with Gasteiger partial charge in [0.05, 0.1) is 5.41 Å². The fraction of sp³-hybridized carbons (Fsp3) is 0.727. The Morgan fingerprint density at radius 3 is 2.00 bits per heavy atom. The first kappa shape index (κ1) is 10.3. The van der Waals surface area contributed by atoms with E-state index in [2.05, 4.69) is 6.08 Å². The first-order chi connectivity index (χ1) is 5.74. The van der Waals surface area contributed by atoms with Crippen LogP contribution in [0.1, 0.15) is 34.6 Å². The van der Waals surface area contributed by atoms with Crippen LogP contribution in [0.2, 0.25) is 0 Å². The third-order valence-corrected chi connectivity index (χ3v) is 3.60. The van der Waals surface area contributed by atoms with Crippen LogP contribution in [0.25, 0.3) is 0 Å². The maximum Gasteiger partial charge on any atom is 0.310 e. The minimum absolute atomic E-state index is 0.101. The molecular weight excluding hydrogens is 164 g/mol. The van der Waals surface area contributed by atoms with Crippen molar-refractivity contribution in [2.45, 2.75) is 34.6 Å². The number of carbonyl (C=O) groups is 1. The third kappa shape index (κ3) is 1.19. The molecule has 1 aliphatic carbocycles. The largest absolute Gasteiger partial charge is 0.481 e. The summed E-state index contributed by atoms with van der Waals surface area (Å²) in [5, 5.41) is 9.10. The van der Waals surface area contributed by atoms with Crippen LogP contribution in [0, 0.1) is 16.7 Å². The van der Waals surface area contributed by atoms with E-state index >= 15 is 0 Å². The van der Waals surface area contributed by atoms with E-state index in [1.54, 1.807) is 0 Å². The molecule has 2 atom stereocenters. The van der Waals surface area contributed by atoms with Gasteiger partial charge in [-0.15, -0.1) is 0 Å². The van der Waals surface area contributed by atoms with Gasteiger partial charge in [-0.25, -0.2) is 0 Å². The zero-order valence-corrected chi connectivity index (χ0v) is 9.01. The van der Waals surface area contributed by atoms with E-state index in [4.69, 9.17) is 5.11 Å². The number of allylic oxidation sites excluding steroid dienone is 2. The van der Waals surface area contributed by atoms with Crippen molar-refractivity contribution in [2.24, 2.45) is 16.7 Å². The molecular formula is C11H18O2. The summed E-state index contributed by atoms with van der Waals surface area (Å²) in [4.78, 5) is 11.1. The van der Waals surface area contributed by atoms with Gasteiger partial charge < -0.3 is 5.11 Å². The maximum absolute atomic E-state index is 11.1. The number of hydrogen-bond donors (Lipinski definition) is 1. The summed E-state index contributed by atoms with van der Waals surface area (Å²) in [5.74, 6) is -0.498. The molecule has 0 amide bonds. The molecule has 0 aliphatic heterocycles. The van der Waals surface area contributed by atoms with E-state index in [0.29, 0.717) is 0 Å². The van der Waals surface area contributed by atoms with Crippen molar-refractivity contribution in [1.29, 1.82) is 0 Å². The number of rotatable bonds is 2. The van der Waals surface area contributed by atoms with Gasteiger partial charge in [-0.1, -0.05) is 25.5 Å². The first-order valence-corrected chi connectivity index (χ1v) is 4.63. The average Bonchev–Trinajstić information content (AvgIpc) is 2.35. The van der Waals surface area contributed by atoms with E-state index in [1.807, 2.05) is 34.6 Å². The lowest BCUT2D eigenvalue weighted by Crippen LogP contribution is -2.16. The summed E-state index contributed by atoms with van der Waals surface area (Å²) in [6.07, 6.45) is 2.08. The molecule has 0 saturated heterocycles. The van der Waals surface area contributed by atoms with Gasteiger partial charge in [0.1, 0.15) is 0 Å².